The third-order valence-corrected chi connectivity index (χ3v) is 10.9. The molecule has 0 bridgehead atoms. The van der Waals surface area contributed by atoms with Gasteiger partial charge < -0.3 is 33.6 Å². The van der Waals surface area contributed by atoms with Crippen molar-refractivity contribution in [3.63, 3.8) is 0 Å². The highest BCUT2D eigenvalue weighted by molar-refractivity contribution is 7.98. The average Bonchev–Trinajstić information content (AvgIpc) is 3.90. The lowest BCUT2D eigenvalue weighted by Crippen LogP contribution is -2.53. The topological polar surface area (TPSA) is 163 Å². The first-order chi connectivity index (χ1) is 24.6. The number of furan rings is 1. The highest BCUT2D eigenvalue weighted by Crippen LogP contribution is 2.55. The Balaban J connectivity index is 1.40. The Bertz CT molecular complexity index is 1980. The number of aromatic nitrogens is 2. The average molecular weight is 754 g/mol. The zero-order valence-electron chi connectivity index (χ0n) is 28.5. The van der Waals surface area contributed by atoms with Crippen LogP contribution in [0.25, 0.3) is 11.6 Å². The van der Waals surface area contributed by atoms with Gasteiger partial charge in [-0.3, -0.25) is 14.4 Å². The summed E-state index contributed by atoms with van der Waals surface area (Å²) < 4.78 is 28.2. The van der Waals surface area contributed by atoms with Crippen molar-refractivity contribution in [2.75, 3.05) is 32.5 Å². The Kier molecular flexibility index (Phi) is 10.7. The summed E-state index contributed by atoms with van der Waals surface area (Å²) in [6, 6.07) is 11.6. The second-order valence-electron chi connectivity index (χ2n) is 12.1. The van der Waals surface area contributed by atoms with Gasteiger partial charge in [0, 0.05) is 41.2 Å². The summed E-state index contributed by atoms with van der Waals surface area (Å²) in [6.45, 7) is 1.65. The number of ether oxygens (including phenoxy) is 3. The summed E-state index contributed by atoms with van der Waals surface area (Å²) in [5.41, 5.74) is -1.49. The van der Waals surface area contributed by atoms with E-state index in [0.717, 1.165) is 4.90 Å². The molecular formula is C36H36ClN3O9S2. The summed E-state index contributed by atoms with van der Waals surface area (Å²) in [7, 11) is 2.80. The molecule has 15 heteroatoms. The molecule has 1 aliphatic heterocycles. The SMILES string of the molecule is COc1cc(OC)c2c(c1Cl)OC1(C2=O)C(O)=C(C(CC(=O)NC(CCSC)c2nc(-c3ccco3)no2)c2ccc(SC)cc2)C(=O)CC1C. The zero-order valence-corrected chi connectivity index (χ0v) is 30.9. The monoisotopic (exact) mass is 753 g/mol. The number of aliphatic hydroxyl groups excluding tert-OH is 1. The summed E-state index contributed by atoms with van der Waals surface area (Å²) in [5.74, 6) is -1.98. The number of aliphatic hydroxyl groups is 1. The normalized spacial score (nSPS) is 19.5. The van der Waals surface area contributed by atoms with Crippen molar-refractivity contribution in [1.82, 2.24) is 15.5 Å². The number of carbonyl (C=O) groups is 3. The molecule has 4 unspecified atom stereocenters. The number of fused-ring (bicyclic) bond motifs is 1. The summed E-state index contributed by atoms with van der Waals surface area (Å²) >= 11 is 9.75. The Hall–Kier alpha value is -4.40. The van der Waals surface area contributed by atoms with Crippen molar-refractivity contribution in [2.24, 2.45) is 5.92 Å². The van der Waals surface area contributed by atoms with Crippen molar-refractivity contribution in [1.29, 1.82) is 0 Å². The molecule has 51 heavy (non-hydrogen) atoms. The predicted octanol–water partition coefficient (Wildman–Crippen LogP) is 7.24. The quantitative estimate of drug-likeness (QED) is 0.132. The molecule has 268 valence electrons. The molecule has 6 rings (SSSR count). The van der Waals surface area contributed by atoms with Gasteiger partial charge in [-0.05, 0) is 54.5 Å². The van der Waals surface area contributed by atoms with Crippen LogP contribution in [-0.2, 0) is 9.59 Å². The van der Waals surface area contributed by atoms with Gasteiger partial charge in [0.2, 0.25) is 29.0 Å². The van der Waals surface area contributed by atoms with E-state index in [1.807, 2.05) is 24.6 Å². The molecule has 2 aromatic heterocycles. The first-order valence-electron chi connectivity index (χ1n) is 16.0. The molecule has 2 N–H and O–H groups in total. The van der Waals surface area contributed by atoms with Crippen LogP contribution in [0.3, 0.4) is 0 Å². The molecule has 1 spiro atoms. The Morgan fingerprint density at radius 2 is 1.90 bits per heavy atom. The molecule has 12 nitrogen and oxygen atoms in total. The maximum Gasteiger partial charge on any atom is 0.249 e. The number of allylic oxidation sites excluding steroid dienone is 1. The Morgan fingerprint density at radius 1 is 1.16 bits per heavy atom. The van der Waals surface area contributed by atoms with E-state index < -0.39 is 46.7 Å². The zero-order chi connectivity index (χ0) is 36.4. The number of carbonyl (C=O) groups excluding carboxylic acids is 3. The lowest BCUT2D eigenvalue weighted by Gasteiger charge is -2.38. The van der Waals surface area contributed by atoms with Crippen LogP contribution in [0, 0.1) is 5.92 Å². The first-order valence-corrected chi connectivity index (χ1v) is 19.0. The molecule has 0 saturated heterocycles. The van der Waals surface area contributed by atoms with Gasteiger partial charge in [0.25, 0.3) is 0 Å². The molecule has 4 atom stereocenters. The lowest BCUT2D eigenvalue weighted by molar-refractivity contribution is -0.122. The number of nitrogens with one attached hydrogen (secondary N) is 1. The van der Waals surface area contributed by atoms with E-state index in [9.17, 15) is 19.5 Å². The number of thioether (sulfide) groups is 2. The number of benzene rings is 2. The van der Waals surface area contributed by atoms with E-state index >= 15 is 0 Å². The number of Topliss-reactive ketones (excluding diaryl/α,β-unsaturated/α-hetero) is 2. The Morgan fingerprint density at radius 3 is 2.55 bits per heavy atom. The van der Waals surface area contributed by atoms with Gasteiger partial charge in [0.05, 0.1) is 20.5 Å². The minimum Gasteiger partial charge on any atom is -0.507 e. The fraction of sp³-hybridized carbons (Fsp3) is 0.361. The van der Waals surface area contributed by atoms with Gasteiger partial charge in [0.15, 0.2) is 23.1 Å². The van der Waals surface area contributed by atoms with Gasteiger partial charge in [-0.25, -0.2) is 0 Å². The second-order valence-corrected chi connectivity index (χ2v) is 14.4. The molecule has 2 aromatic carbocycles. The number of halogens is 1. The lowest BCUT2D eigenvalue weighted by atomic mass is 9.69. The molecule has 0 saturated carbocycles. The van der Waals surface area contributed by atoms with E-state index in [2.05, 4.69) is 15.5 Å². The minimum atomic E-state index is -2.00. The maximum absolute atomic E-state index is 14.4. The van der Waals surface area contributed by atoms with E-state index in [0.29, 0.717) is 23.5 Å². The Labute approximate surface area is 307 Å². The van der Waals surface area contributed by atoms with Gasteiger partial charge in [0.1, 0.15) is 28.1 Å². The third-order valence-electron chi connectivity index (χ3n) is 9.19. The fourth-order valence-electron chi connectivity index (χ4n) is 6.58. The van der Waals surface area contributed by atoms with Gasteiger partial charge in [-0.15, -0.1) is 11.8 Å². The molecule has 4 aromatic rings. The number of amides is 1. The van der Waals surface area contributed by atoms with Crippen LogP contribution in [0.4, 0.5) is 0 Å². The second kappa shape index (κ2) is 15.1. The predicted molar refractivity (Wildman–Crippen MR) is 192 cm³/mol. The highest BCUT2D eigenvalue weighted by atomic mass is 35.5. The molecule has 1 aliphatic carbocycles. The molecule has 0 radical (unpaired) electrons. The van der Waals surface area contributed by atoms with Gasteiger partial charge in [-0.1, -0.05) is 35.8 Å². The first kappa shape index (κ1) is 36.4. The smallest absolute Gasteiger partial charge is 0.249 e. The van der Waals surface area contributed by atoms with Crippen LogP contribution in [0.1, 0.15) is 60.0 Å². The van der Waals surface area contributed by atoms with Crippen LogP contribution >= 0.6 is 35.1 Å². The van der Waals surface area contributed by atoms with E-state index in [-0.39, 0.29) is 58.0 Å². The number of rotatable bonds is 13. The summed E-state index contributed by atoms with van der Waals surface area (Å²) in [5, 5.41) is 19.3. The van der Waals surface area contributed by atoms with E-state index in [4.69, 9.17) is 34.8 Å². The van der Waals surface area contributed by atoms with E-state index in [1.54, 1.807) is 43.0 Å². The number of hydrogen-bond donors (Lipinski definition) is 2. The van der Waals surface area contributed by atoms with Crippen molar-refractivity contribution < 1.29 is 42.6 Å². The van der Waals surface area contributed by atoms with Crippen molar-refractivity contribution >= 4 is 52.6 Å². The molecule has 3 heterocycles. The van der Waals surface area contributed by atoms with Crippen LogP contribution in [0.15, 0.2) is 73.9 Å². The standard InChI is InChI=1S/C36H36ClN3O9S2/c1-18-15-23(41)28(32(43)36(18)33(44)29-25(45-2)17-26(46-3)30(37)31(29)48-36)21(19-8-10-20(51-5)11-9-19)16-27(42)38-22(12-14-50-4)35-39-34(40-49-35)24-7-6-13-47-24/h6-11,13,17-18,21-22,43H,12,14-16H2,1-5H3,(H,38,42). The van der Waals surface area contributed by atoms with Crippen LogP contribution < -0.4 is 19.5 Å². The van der Waals surface area contributed by atoms with Crippen molar-refractivity contribution in [3.8, 4) is 28.8 Å². The fourth-order valence-corrected chi connectivity index (χ4v) is 7.72. The van der Waals surface area contributed by atoms with E-state index in [1.165, 1.54) is 38.3 Å². The molecule has 1 amide bonds. The minimum absolute atomic E-state index is 0.0197. The molecular weight excluding hydrogens is 718 g/mol. The van der Waals surface area contributed by atoms with Crippen molar-refractivity contribution in [3.05, 3.63) is 82.1 Å². The van der Waals surface area contributed by atoms with Crippen LogP contribution in [0.5, 0.6) is 17.2 Å². The summed E-state index contributed by atoms with van der Waals surface area (Å²) in [6.07, 6.45) is 5.44. The number of ketones is 2. The number of methoxy groups -OCH3 is 2. The number of hydrogen-bond acceptors (Lipinski definition) is 13. The van der Waals surface area contributed by atoms with Crippen LogP contribution in [-0.4, -0.2) is 70.8 Å². The summed E-state index contributed by atoms with van der Waals surface area (Å²) in [4.78, 5) is 47.9. The number of nitrogens with zero attached hydrogens (tertiary/aromatic N) is 2. The molecule has 2 aliphatic rings. The highest BCUT2D eigenvalue weighted by Gasteiger charge is 2.61. The third kappa shape index (κ3) is 6.60. The van der Waals surface area contributed by atoms with Gasteiger partial charge >= 0.3 is 0 Å². The molecule has 0 fully saturated rings. The van der Waals surface area contributed by atoms with Crippen molar-refractivity contribution in [2.45, 2.75) is 48.6 Å². The van der Waals surface area contributed by atoms with Crippen LogP contribution in [0.2, 0.25) is 5.02 Å². The van der Waals surface area contributed by atoms with Gasteiger partial charge in [-0.2, -0.15) is 16.7 Å². The largest absolute Gasteiger partial charge is 0.507 e. The maximum atomic E-state index is 14.4.